The Morgan fingerprint density at radius 1 is 1.15 bits per heavy atom. The lowest BCUT2D eigenvalue weighted by molar-refractivity contribution is -0.135. The molecular weight excluding hydrogens is 460 g/mol. The third-order valence-corrected chi connectivity index (χ3v) is 8.07. The van der Waals surface area contributed by atoms with Gasteiger partial charge in [0.15, 0.2) is 5.54 Å². The molecule has 2 aromatic carbocycles. The molecule has 11 heteroatoms. The molecule has 4 amide bonds. The number of nitrogens with zero attached hydrogens (tertiary/aromatic N) is 2. The molecule has 0 aromatic heterocycles. The van der Waals surface area contributed by atoms with Crippen molar-refractivity contribution in [2.24, 2.45) is 0 Å². The van der Waals surface area contributed by atoms with Crippen LogP contribution in [0.1, 0.15) is 25.8 Å². The molecule has 0 radical (unpaired) electrons. The van der Waals surface area contributed by atoms with Gasteiger partial charge in [0.25, 0.3) is 5.91 Å². The molecule has 2 aliphatic heterocycles. The summed E-state index contributed by atoms with van der Waals surface area (Å²) in [6, 6.07) is 12.2. The second-order valence-corrected chi connectivity index (χ2v) is 9.92. The average Bonchev–Trinajstić information content (AvgIpc) is 3.05. The summed E-state index contributed by atoms with van der Waals surface area (Å²) in [4.78, 5) is 39.6. The van der Waals surface area contributed by atoms with E-state index in [4.69, 9.17) is 4.74 Å². The van der Waals surface area contributed by atoms with Crippen LogP contribution in [0.15, 0.2) is 53.4 Å². The van der Waals surface area contributed by atoms with Gasteiger partial charge in [-0.05, 0) is 24.3 Å². The van der Waals surface area contributed by atoms with Crippen molar-refractivity contribution in [3.63, 3.8) is 0 Å². The van der Waals surface area contributed by atoms with Gasteiger partial charge in [0.1, 0.15) is 12.3 Å². The Labute approximate surface area is 197 Å². The number of nitrogens with one attached hydrogen (secondary N) is 2. The predicted octanol–water partition coefficient (Wildman–Crippen LogP) is 1.89. The first-order chi connectivity index (χ1) is 16.2. The predicted molar refractivity (Wildman–Crippen MR) is 124 cm³/mol. The number of carbonyl (C=O) groups excluding carboxylic acids is 3. The molecule has 180 valence electrons. The normalized spacial score (nSPS) is 19.7. The molecule has 2 N–H and O–H groups in total. The summed E-state index contributed by atoms with van der Waals surface area (Å²) in [7, 11) is -3.70. The number of para-hydroxylation sites is 1. The van der Waals surface area contributed by atoms with Crippen molar-refractivity contribution in [3.05, 3.63) is 54.1 Å². The fourth-order valence-corrected chi connectivity index (χ4v) is 5.81. The van der Waals surface area contributed by atoms with Crippen LogP contribution in [0.2, 0.25) is 0 Å². The van der Waals surface area contributed by atoms with Crippen LogP contribution in [0.25, 0.3) is 0 Å². The molecule has 0 saturated carbocycles. The quantitative estimate of drug-likeness (QED) is 0.576. The lowest BCUT2D eigenvalue weighted by Gasteiger charge is -2.33. The monoisotopic (exact) mass is 486 g/mol. The Kier molecular flexibility index (Phi) is 6.32. The summed E-state index contributed by atoms with van der Waals surface area (Å²) < 4.78 is 32.5. The summed E-state index contributed by atoms with van der Waals surface area (Å²) in [5, 5.41) is 5.33. The van der Waals surface area contributed by atoms with Gasteiger partial charge in [0.05, 0.1) is 11.5 Å². The molecule has 2 heterocycles. The number of imide groups is 1. The highest BCUT2D eigenvalue weighted by atomic mass is 32.2. The number of benzene rings is 2. The average molecular weight is 487 g/mol. The fraction of sp³-hybridized carbons (Fsp3) is 0.348. The van der Waals surface area contributed by atoms with Gasteiger partial charge in [-0.25, -0.2) is 13.2 Å². The molecular formula is C23H26N4O6S. The zero-order valence-corrected chi connectivity index (χ0v) is 19.7. The summed E-state index contributed by atoms with van der Waals surface area (Å²) in [5.74, 6) is -0.639. The fourth-order valence-electron chi connectivity index (χ4n) is 4.31. The minimum atomic E-state index is -3.70. The zero-order chi connectivity index (χ0) is 24.5. The standard InChI is InChI=1S/C23H26N4O6S/c1-3-26(4-2)34(31,32)17-9-7-8-16(14-17)24-20(28)15-27-21(29)23(25-22(27)30)12-13-33-19-11-6-5-10-18(19)23/h5-11,14H,3-4,12-13,15H2,1-2H3,(H,24,28)(H,25,30)/t23-/m0/s1. The van der Waals surface area contributed by atoms with Gasteiger partial charge in [-0.3, -0.25) is 14.5 Å². The lowest BCUT2D eigenvalue weighted by atomic mass is 9.84. The van der Waals surface area contributed by atoms with Gasteiger partial charge in [0, 0.05) is 30.8 Å². The van der Waals surface area contributed by atoms with Crippen molar-refractivity contribution < 1.29 is 27.5 Å². The van der Waals surface area contributed by atoms with Crippen LogP contribution >= 0.6 is 0 Å². The maximum Gasteiger partial charge on any atom is 0.325 e. The molecule has 34 heavy (non-hydrogen) atoms. The van der Waals surface area contributed by atoms with E-state index in [1.807, 2.05) is 0 Å². The number of anilines is 1. The smallest absolute Gasteiger partial charge is 0.325 e. The maximum atomic E-state index is 13.3. The minimum Gasteiger partial charge on any atom is -0.493 e. The molecule has 0 bridgehead atoms. The van der Waals surface area contributed by atoms with Gasteiger partial charge in [-0.2, -0.15) is 4.31 Å². The summed E-state index contributed by atoms with van der Waals surface area (Å²) in [6.07, 6.45) is 0.248. The minimum absolute atomic E-state index is 0.0433. The second kappa shape index (κ2) is 9.07. The van der Waals surface area contributed by atoms with E-state index in [1.165, 1.54) is 22.5 Å². The number of ether oxygens (including phenoxy) is 1. The van der Waals surface area contributed by atoms with Crippen molar-refractivity contribution in [1.82, 2.24) is 14.5 Å². The Hall–Kier alpha value is -3.44. The number of amides is 4. The van der Waals surface area contributed by atoms with Gasteiger partial charge < -0.3 is 15.4 Å². The highest BCUT2D eigenvalue weighted by Gasteiger charge is 2.55. The molecule has 1 atom stereocenters. The van der Waals surface area contributed by atoms with Gasteiger partial charge in [-0.15, -0.1) is 0 Å². The van der Waals surface area contributed by atoms with Crippen LogP contribution in [0.4, 0.5) is 10.5 Å². The molecule has 4 rings (SSSR count). The van der Waals surface area contributed by atoms with Crippen LogP contribution in [0, 0.1) is 0 Å². The van der Waals surface area contributed by atoms with Gasteiger partial charge >= 0.3 is 6.03 Å². The zero-order valence-electron chi connectivity index (χ0n) is 18.9. The first kappa shape index (κ1) is 23.7. The van der Waals surface area contributed by atoms with Crippen molar-refractivity contribution in [1.29, 1.82) is 0 Å². The van der Waals surface area contributed by atoms with Crippen LogP contribution in [-0.4, -0.2) is 61.7 Å². The van der Waals surface area contributed by atoms with Crippen LogP contribution in [-0.2, 0) is 25.2 Å². The molecule has 1 spiro atoms. The van der Waals surface area contributed by atoms with E-state index in [-0.39, 0.29) is 23.6 Å². The first-order valence-electron chi connectivity index (χ1n) is 11.0. The van der Waals surface area contributed by atoms with E-state index in [0.29, 0.717) is 24.4 Å². The summed E-state index contributed by atoms with van der Waals surface area (Å²) in [5.41, 5.74) is -0.475. The van der Waals surface area contributed by atoms with Gasteiger partial charge in [-0.1, -0.05) is 38.1 Å². The van der Waals surface area contributed by atoms with Crippen LogP contribution in [0.5, 0.6) is 5.75 Å². The van der Waals surface area contributed by atoms with E-state index in [0.717, 1.165) is 4.90 Å². The van der Waals surface area contributed by atoms with Crippen molar-refractivity contribution in [3.8, 4) is 5.75 Å². The van der Waals surface area contributed by atoms with Crippen molar-refractivity contribution >= 4 is 33.6 Å². The number of sulfonamides is 1. The molecule has 2 aromatic rings. The van der Waals surface area contributed by atoms with E-state index in [2.05, 4.69) is 10.6 Å². The number of hydrogen-bond donors (Lipinski definition) is 2. The molecule has 0 aliphatic carbocycles. The van der Waals surface area contributed by atoms with Crippen molar-refractivity contribution in [2.75, 3.05) is 31.6 Å². The van der Waals surface area contributed by atoms with Crippen LogP contribution in [0.3, 0.4) is 0 Å². The molecule has 10 nitrogen and oxygen atoms in total. The SMILES string of the molecule is CCN(CC)S(=O)(=O)c1cccc(NC(=O)CN2C(=O)N[C@]3(CCOc4ccccc43)C2=O)c1. The molecule has 1 saturated heterocycles. The second-order valence-electron chi connectivity index (χ2n) is 7.99. The van der Waals surface area contributed by atoms with Crippen molar-refractivity contribution in [2.45, 2.75) is 30.7 Å². The number of hydrogen-bond acceptors (Lipinski definition) is 6. The van der Waals surface area contributed by atoms with Crippen LogP contribution < -0.4 is 15.4 Å². The van der Waals surface area contributed by atoms with Gasteiger partial charge in [0.2, 0.25) is 15.9 Å². The van der Waals surface area contributed by atoms with E-state index in [9.17, 15) is 22.8 Å². The third kappa shape index (κ3) is 4.01. The highest BCUT2D eigenvalue weighted by Crippen LogP contribution is 2.40. The Morgan fingerprint density at radius 3 is 2.62 bits per heavy atom. The molecule has 0 unspecified atom stereocenters. The largest absolute Gasteiger partial charge is 0.493 e. The maximum absolute atomic E-state index is 13.3. The highest BCUT2D eigenvalue weighted by molar-refractivity contribution is 7.89. The summed E-state index contributed by atoms with van der Waals surface area (Å²) in [6.45, 7) is 3.86. The molecule has 2 aliphatic rings. The summed E-state index contributed by atoms with van der Waals surface area (Å²) >= 11 is 0. The Bertz CT molecular complexity index is 1240. The lowest BCUT2D eigenvalue weighted by Crippen LogP contribution is -2.48. The number of urea groups is 1. The Morgan fingerprint density at radius 2 is 1.88 bits per heavy atom. The van der Waals surface area contributed by atoms with E-state index >= 15 is 0 Å². The number of fused-ring (bicyclic) bond motifs is 2. The third-order valence-electron chi connectivity index (χ3n) is 6.02. The first-order valence-corrected chi connectivity index (χ1v) is 12.4. The molecule has 1 fully saturated rings. The topological polar surface area (TPSA) is 125 Å². The number of rotatable bonds is 7. The van der Waals surface area contributed by atoms with E-state index < -0.39 is 40.0 Å². The Balaban J connectivity index is 1.51. The van der Waals surface area contributed by atoms with E-state index in [1.54, 1.807) is 44.2 Å². The number of carbonyl (C=O) groups is 3.